The fraction of sp³-hybridized carbons (Fsp3) is 0.886. The summed E-state index contributed by atoms with van der Waals surface area (Å²) in [6, 6.07) is -0.901. The van der Waals surface area contributed by atoms with E-state index in [1.54, 1.807) is 20.8 Å². The number of unbranched alkanes of at least 4 members (excludes halogenated alkanes) is 15. The minimum Gasteiger partial charge on any atom is -0.481 e. The first-order valence-electron chi connectivity index (χ1n) is 22.1. The lowest BCUT2D eigenvalue weighted by atomic mass is 10.0. The number of hydrogen-bond acceptors (Lipinski definition) is 11. The van der Waals surface area contributed by atoms with Crippen molar-refractivity contribution in [2.75, 3.05) is 59.4 Å². The molecule has 1 unspecified atom stereocenters. The molecule has 0 spiro atoms. The SMILES string of the molecule is CC(C)(C)OC(=O)CCCCCCCCCCCCCCCCCCC(=O)NC(CCC(=O)NCCOCCOCCOCCOCCC(=O)O)C(=O)OC(C)(C)C. The Morgan fingerprint density at radius 1 is 0.466 bits per heavy atom. The highest BCUT2D eigenvalue weighted by Crippen LogP contribution is 2.16. The van der Waals surface area contributed by atoms with Gasteiger partial charge >= 0.3 is 17.9 Å². The minimum atomic E-state index is -0.901. The van der Waals surface area contributed by atoms with Gasteiger partial charge in [-0.25, -0.2) is 4.79 Å². The molecule has 0 saturated carbocycles. The molecule has 0 fully saturated rings. The molecule has 0 rings (SSSR count). The number of carbonyl (C=O) groups is 5. The molecule has 14 nitrogen and oxygen atoms in total. The van der Waals surface area contributed by atoms with Crippen LogP contribution in [0.4, 0.5) is 0 Å². The van der Waals surface area contributed by atoms with E-state index in [4.69, 9.17) is 33.5 Å². The summed E-state index contributed by atoms with van der Waals surface area (Å²) in [5, 5.41) is 14.1. The van der Waals surface area contributed by atoms with Gasteiger partial charge in [0.1, 0.15) is 17.2 Å². The van der Waals surface area contributed by atoms with Crippen LogP contribution < -0.4 is 10.6 Å². The Bertz CT molecular complexity index is 1070. The van der Waals surface area contributed by atoms with E-state index in [1.807, 2.05) is 20.8 Å². The highest BCUT2D eigenvalue weighted by molar-refractivity contribution is 5.85. The van der Waals surface area contributed by atoms with Crippen molar-refractivity contribution in [1.29, 1.82) is 0 Å². The van der Waals surface area contributed by atoms with Crippen molar-refractivity contribution in [2.24, 2.45) is 0 Å². The van der Waals surface area contributed by atoms with Crippen LogP contribution in [-0.4, -0.2) is 111 Å². The summed E-state index contributed by atoms with van der Waals surface area (Å²) >= 11 is 0. The molecule has 0 bridgehead atoms. The third-order valence-corrected chi connectivity index (χ3v) is 8.79. The van der Waals surface area contributed by atoms with Gasteiger partial charge in [-0.15, -0.1) is 0 Å². The van der Waals surface area contributed by atoms with E-state index in [0.29, 0.717) is 65.6 Å². The molecule has 3 N–H and O–H groups in total. The van der Waals surface area contributed by atoms with E-state index in [0.717, 1.165) is 38.5 Å². The van der Waals surface area contributed by atoms with Gasteiger partial charge in [0.25, 0.3) is 0 Å². The van der Waals surface area contributed by atoms with E-state index >= 15 is 0 Å². The molecule has 0 aliphatic rings. The van der Waals surface area contributed by atoms with Crippen LogP contribution in [0.5, 0.6) is 0 Å². The first kappa shape index (κ1) is 55.2. The van der Waals surface area contributed by atoms with Gasteiger partial charge in [-0.05, 0) is 60.8 Å². The summed E-state index contributed by atoms with van der Waals surface area (Å²) in [6.45, 7) is 14.0. The van der Waals surface area contributed by atoms with E-state index in [-0.39, 0.29) is 43.7 Å². The quantitative estimate of drug-likeness (QED) is 0.0408. The van der Waals surface area contributed by atoms with Gasteiger partial charge in [0.15, 0.2) is 0 Å². The van der Waals surface area contributed by atoms with Crippen LogP contribution in [0.3, 0.4) is 0 Å². The standard InChI is InChI=1S/C44H82N2O12/c1-43(2,3)57-41(51)24-22-20-18-16-14-12-10-8-7-9-11-13-15-17-19-21-23-39(48)46-37(42(52)58-44(4,5)6)25-26-38(47)45-28-30-54-32-34-56-36-35-55-33-31-53-29-27-40(49)50/h37H,7-36H2,1-6H3,(H,45,47)(H,46,48)(H,49,50). The van der Waals surface area contributed by atoms with Crippen molar-refractivity contribution in [3.63, 3.8) is 0 Å². The topological polar surface area (TPSA) is 185 Å². The zero-order valence-electron chi connectivity index (χ0n) is 37.2. The summed E-state index contributed by atoms with van der Waals surface area (Å²) in [6.07, 6.45) is 19.6. The van der Waals surface area contributed by atoms with Gasteiger partial charge in [0.05, 0.1) is 59.3 Å². The smallest absolute Gasteiger partial charge is 0.329 e. The molecular weight excluding hydrogens is 748 g/mol. The molecule has 14 heteroatoms. The highest BCUT2D eigenvalue weighted by Gasteiger charge is 2.27. The van der Waals surface area contributed by atoms with Crippen LogP contribution in [0.25, 0.3) is 0 Å². The number of carbonyl (C=O) groups excluding carboxylic acids is 4. The van der Waals surface area contributed by atoms with Gasteiger partial charge in [-0.1, -0.05) is 89.9 Å². The zero-order valence-corrected chi connectivity index (χ0v) is 37.2. The van der Waals surface area contributed by atoms with Crippen molar-refractivity contribution in [2.45, 2.75) is 194 Å². The largest absolute Gasteiger partial charge is 0.481 e. The van der Waals surface area contributed by atoms with E-state index in [2.05, 4.69) is 10.6 Å². The lowest BCUT2D eigenvalue weighted by molar-refractivity contribution is -0.159. The van der Waals surface area contributed by atoms with Gasteiger partial charge in [-0.2, -0.15) is 0 Å². The monoisotopic (exact) mass is 831 g/mol. The molecule has 340 valence electrons. The number of amides is 2. The first-order valence-corrected chi connectivity index (χ1v) is 22.1. The van der Waals surface area contributed by atoms with Crippen LogP contribution in [0.1, 0.15) is 176 Å². The fourth-order valence-electron chi connectivity index (χ4n) is 5.86. The Labute approximate surface area is 350 Å². The number of carboxylic acid groups (broad SMARTS) is 1. The van der Waals surface area contributed by atoms with Gasteiger partial charge in [0, 0.05) is 25.8 Å². The maximum absolute atomic E-state index is 12.9. The summed E-state index contributed by atoms with van der Waals surface area (Å²) < 4.78 is 32.2. The van der Waals surface area contributed by atoms with Crippen molar-refractivity contribution < 1.29 is 57.5 Å². The van der Waals surface area contributed by atoms with Crippen molar-refractivity contribution in [1.82, 2.24) is 10.6 Å². The molecule has 0 aromatic heterocycles. The number of ether oxygens (including phenoxy) is 6. The van der Waals surface area contributed by atoms with Gasteiger partial charge in [0.2, 0.25) is 11.8 Å². The Morgan fingerprint density at radius 3 is 1.29 bits per heavy atom. The van der Waals surface area contributed by atoms with Crippen LogP contribution in [0, 0.1) is 0 Å². The van der Waals surface area contributed by atoms with Crippen LogP contribution in [0.15, 0.2) is 0 Å². The molecule has 0 saturated heterocycles. The van der Waals surface area contributed by atoms with Crippen LogP contribution in [0.2, 0.25) is 0 Å². The molecule has 0 aliphatic heterocycles. The first-order chi connectivity index (χ1) is 27.6. The number of nitrogens with one attached hydrogen (secondary N) is 2. The maximum atomic E-state index is 12.9. The maximum Gasteiger partial charge on any atom is 0.329 e. The normalized spacial score (nSPS) is 12.2. The number of carboxylic acids is 1. The van der Waals surface area contributed by atoms with Crippen molar-refractivity contribution >= 4 is 29.7 Å². The second-order valence-corrected chi connectivity index (χ2v) is 16.9. The van der Waals surface area contributed by atoms with Gasteiger partial charge in [-0.3, -0.25) is 19.2 Å². The third-order valence-electron chi connectivity index (χ3n) is 8.79. The number of hydrogen-bond donors (Lipinski definition) is 3. The lowest BCUT2D eigenvalue weighted by Gasteiger charge is -2.24. The summed E-state index contributed by atoms with van der Waals surface area (Å²) in [4.78, 5) is 60.2. The van der Waals surface area contributed by atoms with E-state index < -0.39 is 29.2 Å². The Hall–Kier alpha value is -2.81. The number of esters is 2. The fourth-order valence-corrected chi connectivity index (χ4v) is 5.86. The minimum absolute atomic E-state index is 0.0320. The van der Waals surface area contributed by atoms with Crippen LogP contribution in [-0.2, 0) is 52.4 Å². The Kier molecular flexibility index (Phi) is 34.3. The molecular formula is C44H82N2O12. The summed E-state index contributed by atoms with van der Waals surface area (Å²) in [7, 11) is 0. The van der Waals surface area contributed by atoms with E-state index in [9.17, 15) is 24.0 Å². The molecule has 0 aromatic carbocycles. The molecule has 58 heavy (non-hydrogen) atoms. The molecule has 0 aliphatic carbocycles. The van der Waals surface area contributed by atoms with Crippen LogP contribution >= 0.6 is 0 Å². The third kappa shape index (κ3) is 41.4. The molecule has 2 amide bonds. The van der Waals surface area contributed by atoms with Crippen molar-refractivity contribution in [3.05, 3.63) is 0 Å². The van der Waals surface area contributed by atoms with Crippen molar-refractivity contribution in [3.8, 4) is 0 Å². The second-order valence-electron chi connectivity index (χ2n) is 16.9. The average Bonchev–Trinajstić information content (AvgIpc) is 3.12. The Morgan fingerprint density at radius 2 is 0.862 bits per heavy atom. The molecule has 1 atom stereocenters. The lowest BCUT2D eigenvalue weighted by Crippen LogP contribution is -2.44. The molecule has 0 aromatic rings. The second kappa shape index (κ2) is 36.1. The predicted molar refractivity (Wildman–Crippen MR) is 224 cm³/mol. The summed E-state index contributed by atoms with van der Waals surface area (Å²) in [5.74, 6) is -1.99. The predicted octanol–water partition coefficient (Wildman–Crippen LogP) is 7.61. The number of aliphatic carboxylic acids is 1. The number of rotatable bonds is 39. The highest BCUT2D eigenvalue weighted by atomic mass is 16.6. The molecule has 0 radical (unpaired) electrons. The molecule has 0 heterocycles. The zero-order chi connectivity index (χ0) is 43.3. The Balaban J connectivity index is 3.92. The van der Waals surface area contributed by atoms with Gasteiger partial charge < -0.3 is 44.2 Å². The summed E-state index contributed by atoms with van der Waals surface area (Å²) in [5.41, 5.74) is -1.11. The van der Waals surface area contributed by atoms with E-state index in [1.165, 1.54) is 64.2 Å². The average molecular weight is 831 g/mol.